The van der Waals surface area contributed by atoms with Crippen LogP contribution in [0.3, 0.4) is 0 Å². The highest BCUT2D eigenvalue weighted by Gasteiger charge is 2.20. The van der Waals surface area contributed by atoms with Crippen LogP contribution in [0.5, 0.6) is 0 Å². The van der Waals surface area contributed by atoms with Gasteiger partial charge in [-0.25, -0.2) is 9.97 Å². The van der Waals surface area contributed by atoms with E-state index in [9.17, 15) is 0 Å². The van der Waals surface area contributed by atoms with Crippen molar-refractivity contribution < 1.29 is 0 Å². The van der Waals surface area contributed by atoms with E-state index in [-0.39, 0.29) is 0 Å². The molecule has 0 aliphatic carbocycles. The zero-order chi connectivity index (χ0) is 15.0. The second-order valence-electron chi connectivity index (χ2n) is 5.62. The van der Waals surface area contributed by atoms with Gasteiger partial charge < -0.3 is 5.73 Å². The summed E-state index contributed by atoms with van der Waals surface area (Å²) in [6.07, 6.45) is 1.23. The number of nitrogen functional groups attached to an aromatic ring is 1. The zero-order valence-corrected chi connectivity index (χ0v) is 14.5. The molecule has 114 valence electrons. The number of nitrogens with two attached hydrogens (primary N) is 1. The molecule has 1 fully saturated rings. The minimum absolute atomic E-state index is 0.635. The summed E-state index contributed by atoms with van der Waals surface area (Å²) in [6, 6.07) is 0. The van der Waals surface area contributed by atoms with Gasteiger partial charge in [-0.2, -0.15) is 11.8 Å². The second kappa shape index (κ2) is 6.10. The highest BCUT2D eigenvalue weighted by Crippen LogP contribution is 2.32. The Labute approximate surface area is 134 Å². The van der Waals surface area contributed by atoms with E-state index < -0.39 is 0 Å². The van der Waals surface area contributed by atoms with Crippen LogP contribution >= 0.6 is 23.1 Å². The maximum atomic E-state index is 6.16. The van der Waals surface area contributed by atoms with E-state index in [1.54, 1.807) is 11.3 Å². The third kappa shape index (κ3) is 3.03. The fourth-order valence-corrected chi connectivity index (χ4v) is 5.07. The van der Waals surface area contributed by atoms with Crippen molar-refractivity contribution in [1.82, 2.24) is 14.9 Å². The number of hydrogen-bond acceptors (Lipinski definition) is 6. The van der Waals surface area contributed by atoms with Crippen molar-refractivity contribution in [3.05, 3.63) is 16.3 Å². The van der Waals surface area contributed by atoms with E-state index in [1.165, 1.54) is 22.6 Å². The van der Waals surface area contributed by atoms with Crippen LogP contribution in [-0.4, -0.2) is 39.0 Å². The van der Waals surface area contributed by atoms with Gasteiger partial charge >= 0.3 is 0 Å². The quantitative estimate of drug-likeness (QED) is 0.940. The highest BCUT2D eigenvalue weighted by molar-refractivity contribution is 8.00. The number of aryl methyl sites for hydroxylation is 2. The van der Waals surface area contributed by atoms with Gasteiger partial charge in [-0.3, -0.25) is 4.90 Å². The lowest BCUT2D eigenvalue weighted by atomic mass is 10.2. The molecule has 0 bridgehead atoms. The maximum Gasteiger partial charge on any atom is 0.146 e. The Hall–Kier alpha value is -0.850. The second-order valence-corrected chi connectivity index (χ2v) is 8.24. The van der Waals surface area contributed by atoms with Crippen LogP contribution in [0.2, 0.25) is 0 Å². The molecule has 3 heterocycles. The molecule has 0 radical (unpaired) electrons. The molecule has 4 nitrogen and oxygen atoms in total. The Balaban J connectivity index is 1.84. The van der Waals surface area contributed by atoms with E-state index in [1.807, 2.05) is 0 Å². The molecule has 0 spiro atoms. The van der Waals surface area contributed by atoms with Crippen LogP contribution in [0, 0.1) is 13.8 Å². The van der Waals surface area contributed by atoms with Crippen molar-refractivity contribution in [3.63, 3.8) is 0 Å². The van der Waals surface area contributed by atoms with Gasteiger partial charge in [-0.15, -0.1) is 11.3 Å². The molecule has 1 saturated heterocycles. The van der Waals surface area contributed by atoms with Crippen LogP contribution in [0.4, 0.5) is 5.82 Å². The zero-order valence-electron chi connectivity index (χ0n) is 12.8. The number of hydrogen-bond donors (Lipinski definition) is 1. The number of nitrogens with zero attached hydrogens (tertiary/aromatic N) is 3. The molecule has 0 amide bonds. The molecule has 2 aromatic heterocycles. The van der Waals surface area contributed by atoms with Gasteiger partial charge in [0.15, 0.2) is 0 Å². The first-order valence-corrected chi connectivity index (χ1v) is 9.31. The van der Waals surface area contributed by atoms with Crippen molar-refractivity contribution in [1.29, 1.82) is 0 Å². The molecule has 3 rings (SSSR count). The Morgan fingerprint density at radius 1 is 1.33 bits per heavy atom. The van der Waals surface area contributed by atoms with Gasteiger partial charge in [0.25, 0.3) is 0 Å². The lowest BCUT2D eigenvalue weighted by molar-refractivity contribution is 0.267. The molecule has 1 aliphatic rings. The van der Waals surface area contributed by atoms with Crippen LogP contribution in [0.1, 0.15) is 29.6 Å². The van der Waals surface area contributed by atoms with Gasteiger partial charge in [0.05, 0.1) is 11.9 Å². The number of fused-ring (bicyclic) bond motifs is 1. The summed E-state index contributed by atoms with van der Waals surface area (Å²) < 4.78 is 0. The fourth-order valence-electron chi connectivity index (χ4n) is 2.77. The summed E-state index contributed by atoms with van der Waals surface area (Å²) in [5.41, 5.74) is 7.38. The van der Waals surface area contributed by atoms with E-state index in [0.29, 0.717) is 5.82 Å². The monoisotopic (exact) mass is 322 g/mol. The smallest absolute Gasteiger partial charge is 0.146 e. The van der Waals surface area contributed by atoms with Crippen molar-refractivity contribution in [2.45, 2.75) is 39.0 Å². The van der Waals surface area contributed by atoms with Gasteiger partial charge in [0, 0.05) is 29.0 Å². The van der Waals surface area contributed by atoms with E-state index in [2.05, 4.69) is 42.4 Å². The summed E-state index contributed by atoms with van der Waals surface area (Å²) in [5.74, 6) is 2.70. The largest absolute Gasteiger partial charge is 0.383 e. The Morgan fingerprint density at radius 2 is 2.14 bits per heavy atom. The normalized spacial score (nSPS) is 20.2. The van der Waals surface area contributed by atoms with Crippen LogP contribution in [0.25, 0.3) is 10.2 Å². The molecule has 2 N–H and O–H groups in total. The van der Waals surface area contributed by atoms with Gasteiger partial charge in [-0.05, 0) is 25.8 Å². The van der Waals surface area contributed by atoms with E-state index >= 15 is 0 Å². The maximum absolute atomic E-state index is 6.16. The Bertz CT molecular complexity index is 653. The van der Waals surface area contributed by atoms with Gasteiger partial charge in [-0.1, -0.05) is 6.92 Å². The Kier molecular flexibility index (Phi) is 4.38. The third-order valence-electron chi connectivity index (χ3n) is 4.15. The molecule has 1 atom stereocenters. The van der Waals surface area contributed by atoms with Crippen molar-refractivity contribution in [2.75, 3.05) is 24.6 Å². The molecule has 6 heteroatoms. The fraction of sp³-hybridized carbons (Fsp3) is 0.600. The average molecular weight is 323 g/mol. The van der Waals surface area contributed by atoms with Crippen molar-refractivity contribution in [3.8, 4) is 0 Å². The molecular weight excluding hydrogens is 300 g/mol. The number of thiophene rings is 1. The van der Waals surface area contributed by atoms with E-state index in [0.717, 1.165) is 40.9 Å². The molecule has 0 aromatic carbocycles. The SMILES string of the molecule is CCC1CN(Cc2nc(N)c3c(C)c(C)sc3n2)CCS1. The topological polar surface area (TPSA) is 55.0 Å². The molecule has 21 heavy (non-hydrogen) atoms. The molecule has 1 unspecified atom stereocenters. The van der Waals surface area contributed by atoms with Crippen LogP contribution < -0.4 is 5.73 Å². The predicted octanol–water partition coefficient (Wildman–Crippen LogP) is 3.22. The highest BCUT2D eigenvalue weighted by atomic mass is 32.2. The molecule has 2 aromatic rings. The number of thioether (sulfide) groups is 1. The minimum atomic E-state index is 0.635. The molecular formula is C15H22N4S2. The summed E-state index contributed by atoms with van der Waals surface area (Å²) >= 11 is 3.80. The van der Waals surface area contributed by atoms with Gasteiger partial charge in [0.1, 0.15) is 16.5 Å². The van der Waals surface area contributed by atoms with Gasteiger partial charge in [0.2, 0.25) is 0 Å². The number of rotatable bonds is 3. The Morgan fingerprint density at radius 3 is 2.90 bits per heavy atom. The number of anilines is 1. The number of aromatic nitrogens is 2. The first kappa shape index (κ1) is 15.1. The van der Waals surface area contributed by atoms with Crippen molar-refractivity contribution in [2.24, 2.45) is 0 Å². The lowest BCUT2D eigenvalue weighted by Gasteiger charge is -2.31. The van der Waals surface area contributed by atoms with Crippen molar-refractivity contribution >= 4 is 39.1 Å². The first-order chi connectivity index (χ1) is 10.1. The van der Waals surface area contributed by atoms with E-state index in [4.69, 9.17) is 10.7 Å². The summed E-state index contributed by atoms with van der Waals surface area (Å²) in [7, 11) is 0. The third-order valence-corrected chi connectivity index (χ3v) is 6.62. The minimum Gasteiger partial charge on any atom is -0.383 e. The standard InChI is InChI=1S/C15H22N4S2/c1-4-11-7-19(5-6-20-11)8-12-17-14(16)13-9(2)10(3)21-15(13)18-12/h11H,4-8H2,1-3H3,(H2,16,17,18). The lowest BCUT2D eigenvalue weighted by Crippen LogP contribution is -2.37. The van der Waals surface area contributed by atoms with Crippen LogP contribution in [-0.2, 0) is 6.54 Å². The summed E-state index contributed by atoms with van der Waals surface area (Å²) in [4.78, 5) is 14.1. The molecule has 1 aliphatic heterocycles. The first-order valence-electron chi connectivity index (χ1n) is 7.44. The predicted molar refractivity (Wildman–Crippen MR) is 93.1 cm³/mol. The summed E-state index contributed by atoms with van der Waals surface area (Å²) in [6.45, 7) is 9.54. The molecule has 0 saturated carbocycles. The summed E-state index contributed by atoms with van der Waals surface area (Å²) in [5, 5.41) is 1.79. The average Bonchev–Trinajstić information content (AvgIpc) is 2.74. The van der Waals surface area contributed by atoms with Crippen LogP contribution in [0.15, 0.2) is 0 Å².